The van der Waals surface area contributed by atoms with Crippen molar-refractivity contribution in [3.63, 3.8) is 0 Å². The maximum absolute atomic E-state index is 13.5. The Kier molecular flexibility index (Phi) is 5.35. The average molecular weight is 434 g/mol. The van der Waals surface area contributed by atoms with Crippen molar-refractivity contribution >= 4 is 22.7 Å². The number of para-hydroxylation sites is 2. The average Bonchev–Trinajstić information content (AvgIpc) is 3.19. The first-order valence-electron chi connectivity index (χ1n) is 10.9. The summed E-state index contributed by atoms with van der Waals surface area (Å²) < 4.78 is 10.8. The number of hydrogen-bond acceptors (Lipinski definition) is 4. The van der Waals surface area contributed by atoms with Gasteiger partial charge in [0.05, 0.1) is 13.7 Å². The molecule has 1 fully saturated rings. The second-order valence-corrected chi connectivity index (χ2v) is 8.33. The van der Waals surface area contributed by atoms with E-state index in [1.54, 1.807) is 24.0 Å². The zero-order valence-corrected chi connectivity index (χ0v) is 18.3. The minimum absolute atomic E-state index is 0.00321. The Morgan fingerprint density at radius 3 is 2.66 bits per heavy atom. The Morgan fingerprint density at radius 1 is 1.06 bits per heavy atom. The van der Waals surface area contributed by atoms with Gasteiger partial charge in [0.15, 0.2) is 0 Å². The molecular formula is C25H27N3O4. The number of carbonyl (C=O) groups excluding carboxylic acids is 2. The standard InChI is InChI=1S/C25H27N3O4/c1-31-13-7-12-27-15-22(29)28-20(25(27)30)14-18-16-8-3-5-10-19(16)26-23(18)24(28)17-9-4-6-11-21(17)32-2/h3-6,8-11,20,24,26H,7,12-15H2,1-2H3/t20-,24?/m0/s1. The molecule has 0 spiro atoms. The van der Waals surface area contributed by atoms with Gasteiger partial charge < -0.3 is 24.3 Å². The van der Waals surface area contributed by atoms with Crippen molar-refractivity contribution in [2.75, 3.05) is 33.9 Å². The molecule has 2 aromatic carbocycles. The molecule has 1 saturated heterocycles. The molecule has 0 saturated carbocycles. The first-order valence-corrected chi connectivity index (χ1v) is 10.9. The predicted octanol–water partition coefficient (Wildman–Crippen LogP) is 2.90. The molecule has 166 valence electrons. The number of carbonyl (C=O) groups is 2. The minimum atomic E-state index is -0.541. The normalized spacial score (nSPS) is 20.4. The number of nitrogens with zero attached hydrogens (tertiary/aromatic N) is 2. The van der Waals surface area contributed by atoms with Gasteiger partial charge in [0.25, 0.3) is 0 Å². The van der Waals surface area contributed by atoms with Gasteiger partial charge >= 0.3 is 0 Å². The van der Waals surface area contributed by atoms with E-state index in [-0.39, 0.29) is 18.4 Å². The Labute approximate surface area is 186 Å². The predicted molar refractivity (Wildman–Crippen MR) is 121 cm³/mol. The molecule has 1 N–H and O–H groups in total. The van der Waals surface area contributed by atoms with Crippen LogP contribution in [0.3, 0.4) is 0 Å². The highest BCUT2D eigenvalue weighted by Crippen LogP contribution is 2.44. The molecule has 2 aliphatic rings. The van der Waals surface area contributed by atoms with Crippen molar-refractivity contribution in [1.82, 2.24) is 14.8 Å². The number of piperazine rings is 1. The van der Waals surface area contributed by atoms with Crippen LogP contribution in [0.4, 0.5) is 0 Å². The van der Waals surface area contributed by atoms with Crippen LogP contribution < -0.4 is 4.74 Å². The zero-order chi connectivity index (χ0) is 22.2. The van der Waals surface area contributed by atoms with Gasteiger partial charge in [-0.1, -0.05) is 36.4 Å². The van der Waals surface area contributed by atoms with Crippen LogP contribution in [0, 0.1) is 0 Å². The summed E-state index contributed by atoms with van der Waals surface area (Å²) in [5, 5.41) is 1.10. The molecular weight excluding hydrogens is 406 g/mol. The van der Waals surface area contributed by atoms with Crippen LogP contribution in [0.15, 0.2) is 48.5 Å². The molecule has 2 aliphatic heterocycles. The lowest BCUT2D eigenvalue weighted by Crippen LogP contribution is -2.63. The second kappa shape index (κ2) is 8.31. The third-order valence-electron chi connectivity index (χ3n) is 6.55. The Balaban J connectivity index is 1.64. The number of amides is 2. The number of benzene rings is 2. The molecule has 3 aromatic rings. The molecule has 1 unspecified atom stereocenters. The van der Waals surface area contributed by atoms with Gasteiger partial charge in [0, 0.05) is 48.8 Å². The molecule has 0 radical (unpaired) electrons. The van der Waals surface area contributed by atoms with Gasteiger partial charge in [0.2, 0.25) is 11.8 Å². The highest BCUT2D eigenvalue weighted by Gasteiger charge is 2.48. The van der Waals surface area contributed by atoms with Gasteiger partial charge in [-0.05, 0) is 24.1 Å². The fraction of sp³-hybridized carbons (Fsp3) is 0.360. The third-order valence-corrected chi connectivity index (χ3v) is 6.55. The third kappa shape index (κ3) is 3.24. The molecule has 0 bridgehead atoms. The number of hydrogen-bond donors (Lipinski definition) is 1. The van der Waals surface area contributed by atoms with E-state index < -0.39 is 12.1 Å². The van der Waals surface area contributed by atoms with Crippen LogP contribution in [0.5, 0.6) is 5.75 Å². The molecule has 5 rings (SSSR count). The summed E-state index contributed by atoms with van der Waals surface area (Å²) in [5.74, 6) is 0.647. The molecule has 3 heterocycles. The van der Waals surface area contributed by atoms with Crippen molar-refractivity contribution in [2.45, 2.75) is 24.9 Å². The number of aromatic nitrogens is 1. The van der Waals surface area contributed by atoms with E-state index in [4.69, 9.17) is 9.47 Å². The number of nitrogens with one attached hydrogen (secondary N) is 1. The number of H-pyrrole nitrogens is 1. The number of fused-ring (bicyclic) bond motifs is 4. The Morgan fingerprint density at radius 2 is 1.84 bits per heavy atom. The van der Waals surface area contributed by atoms with E-state index in [2.05, 4.69) is 11.1 Å². The van der Waals surface area contributed by atoms with E-state index in [0.29, 0.717) is 31.7 Å². The lowest BCUT2D eigenvalue weighted by atomic mass is 9.86. The highest BCUT2D eigenvalue weighted by molar-refractivity contribution is 5.97. The fourth-order valence-corrected chi connectivity index (χ4v) is 5.13. The first-order chi connectivity index (χ1) is 15.6. The van der Waals surface area contributed by atoms with E-state index >= 15 is 0 Å². The van der Waals surface area contributed by atoms with Crippen LogP contribution in [-0.2, 0) is 20.7 Å². The van der Waals surface area contributed by atoms with Crippen LogP contribution in [-0.4, -0.2) is 66.6 Å². The molecule has 1 aromatic heterocycles. The summed E-state index contributed by atoms with van der Waals surface area (Å²) in [6.45, 7) is 1.16. The summed E-state index contributed by atoms with van der Waals surface area (Å²) >= 11 is 0. The minimum Gasteiger partial charge on any atom is -0.496 e. The molecule has 0 aliphatic carbocycles. The van der Waals surface area contributed by atoms with Crippen molar-refractivity contribution in [3.05, 3.63) is 65.4 Å². The lowest BCUT2D eigenvalue weighted by molar-refractivity contribution is -0.158. The summed E-state index contributed by atoms with van der Waals surface area (Å²) in [7, 11) is 3.27. The SMILES string of the molecule is COCCCN1CC(=O)N2C(c3ccccc3OC)c3[nH]c4ccccc4c3C[C@H]2C1=O. The zero-order valence-electron chi connectivity index (χ0n) is 18.3. The number of rotatable bonds is 6. The monoisotopic (exact) mass is 433 g/mol. The van der Waals surface area contributed by atoms with Crippen LogP contribution >= 0.6 is 0 Å². The number of methoxy groups -OCH3 is 2. The van der Waals surface area contributed by atoms with Crippen molar-refractivity contribution in [3.8, 4) is 5.75 Å². The topological polar surface area (TPSA) is 74.9 Å². The first kappa shape index (κ1) is 20.6. The van der Waals surface area contributed by atoms with Gasteiger partial charge in [-0.2, -0.15) is 0 Å². The largest absolute Gasteiger partial charge is 0.496 e. The van der Waals surface area contributed by atoms with E-state index in [9.17, 15) is 9.59 Å². The number of ether oxygens (including phenoxy) is 2. The van der Waals surface area contributed by atoms with Crippen LogP contribution in [0.25, 0.3) is 10.9 Å². The lowest BCUT2D eigenvalue weighted by Gasteiger charge is -2.47. The van der Waals surface area contributed by atoms with Crippen molar-refractivity contribution in [2.24, 2.45) is 0 Å². The van der Waals surface area contributed by atoms with Gasteiger partial charge in [-0.3, -0.25) is 9.59 Å². The molecule has 32 heavy (non-hydrogen) atoms. The van der Waals surface area contributed by atoms with E-state index in [0.717, 1.165) is 27.7 Å². The van der Waals surface area contributed by atoms with Crippen LogP contribution in [0.1, 0.15) is 29.3 Å². The van der Waals surface area contributed by atoms with Crippen molar-refractivity contribution in [1.29, 1.82) is 0 Å². The Bertz CT molecular complexity index is 1170. The number of aromatic amines is 1. The molecule has 2 atom stereocenters. The summed E-state index contributed by atoms with van der Waals surface area (Å²) in [4.78, 5) is 34.0. The molecule has 7 nitrogen and oxygen atoms in total. The van der Waals surface area contributed by atoms with Crippen LogP contribution in [0.2, 0.25) is 0 Å². The second-order valence-electron chi connectivity index (χ2n) is 8.33. The van der Waals surface area contributed by atoms with E-state index in [1.807, 2.05) is 42.5 Å². The maximum atomic E-state index is 13.5. The molecule has 2 amide bonds. The van der Waals surface area contributed by atoms with Gasteiger partial charge in [-0.25, -0.2) is 0 Å². The Hall–Kier alpha value is -3.32. The highest BCUT2D eigenvalue weighted by atomic mass is 16.5. The summed E-state index contributed by atoms with van der Waals surface area (Å²) in [6, 6.07) is 14.9. The van der Waals surface area contributed by atoms with E-state index in [1.165, 1.54) is 0 Å². The van der Waals surface area contributed by atoms with Gasteiger partial charge in [0.1, 0.15) is 17.8 Å². The van der Waals surface area contributed by atoms with Crippen molar-refractivity contribution < 1.29 is 19.1 Å². The van der Waals surface area contributed by atoms with Gasteiger partial charge in [-0.15, -0.1) is 0 Å². The molecule has 7 heteroatoms. The quantitative estimate of drug-likeness (QED) is 0.607. The summed E-state index contributed by atoms with van der Waals surface area (Å²) in [5.41, 5.74) is 3.94. The smallest absolute Gasteiger partial charge is 0.246 e. The fourth-order valence-electron chi connectivity index (χ4n) is 5.13. The maximum Gasteiger partial charge on any atom is 0.246 e. The summed E-state index contributed by atoms with van der Waals surface area (Å²) in [6.07, 6.45) is 1.20.